The molecule has 23 heavy (non-hydrogen) atoms. The zero-order valence-corrected chi connectivity index (χ0v) is 15.3. The summed E-state index contributed by atoms with van der Waals surface area (Å²) in [6, 6.07) is 2.00. The van der Waals surface area contributed by atoms with E-state index in [9.17, 15) is 4.32 Å². The second kappa shape index (κ2) is 7.27. The number of allylic oxidation sites excluding steroid dienone is 3. The lowest BCUT2D eigenvalue weighted by atomic mass is 9.86. The molecule has 0 aromatic carbocycles. The molecule has 5 heteroatoms. The zero-order valence-electron chi connectivity index (χ0n) is 14.4. The summed E-state index contributed by atoms with van der Waals surface area (Å²) < 4.78 is 16.4. The van der Waals surface area contributed by atoms with Gasteiger partial charge in [0.2, 0.25) is 0 Å². The van der Waals surface area contributed by atoms with Crippen LogP contribution in [-0.4, -0.2) is 23.1 Å². The minimum absolute atomic E-state index is 0.587. The Morgan fingerprint density at radius 1 is 1.35 bits per heavy atom. The van der Waals surface area contributed by atoms with Gasteiger partial charge < -0.3 is 4.48 Å². The molecule has 0 fully saturated rings. The second-order valence-electron chi connectivity index (χ2n) is 5.87. The van der Waals surface area contributed by atoms with Gasteiger partial charge in [0.05, 0.1) is 5.70 Å². The Kier molecular flexibility index (Phi) is 5.59. The van der Waals surface area contributed by atoms with Crippen molar-refractivity contribution in [2.24, 2.45) is 4.99 Å². The van der Waals surface area contributed by atoms with E-state index >= 15 is 0 Å². The maximum Gasteiger partial charge on any atom is 0.551 e. The number of rotatable bonds is 3. The van der Waals surface area contributed by atoms with Gasteiger partial charge in [0.15, 0.2) is 0 Å². The molecule has 2 rings (SSSR count). The molecule has 1 aromatic heterocycles. The van der Waals surface area contributed by atoms with Gasteiger partial charge >= 0.3 is 7.12 Å². The summed E-state index contributed by atoms with van der Waals surface area (Å²) in [6.07, 6.45) is 2.64. The van der Waals surface area contributed by atoms with Crippen LogP contribution in [0.25, 0.3) is 5.57 Å². The van der Waals surface area contributed by atoms with Crippen molar-refractivity contribution in [3.63, 3.8) is 0 Å². The Bertz CT molecular complexity index is 775. The molecule has 0 bridgehead atoms. The first-order valence-corrected chi connectivity index (χ1v) is 8.37. The summed E-state index contributed by atoms with van der Waals surface area (Å²) in [5.74, 6) is 6.16. The van der Waals surface area contributed by atoms with Crippen LogP contribution in [0, 0.1) is 25.6 Å². The van der Waals surface area contributed by atoms with Crippen LogP contribution < -0.4 is 0 Å². The van der Waals surface area contributed by atoms with Crippen molar-refractivity contribution in [3.8, 4) is 11.7 Å². The van der Waals surface area contributed by atoms with Crippen LogP contribution in [0.4, 0.5) is 4.32 Å². The maximum atomic E-state index is 14.7. The summed E-state index contributed by atoms with van der Waals surface area (Å²) in [5.41, 5.74) is 6.79. The van der Waals surface area contributed by atoms with E-state index in [1.165, 1.54) is 0 Å². The molecule has 0 N–H and O–H groups in total. The van der Waals surface area contributed by atoms with Gasteiger partial charge in [-0.15, -0.1) is 5.92 Å². The average Bonchev–Trinajstić information content (AvgIpc) is 2.96. The van der Waals surface area contributed by atoms with Gasteiger partial charge in [-0.05, 0) is 63.5 Å². The highest BCUT2D eigenvalue weighted by atomic mass is 32.1. The van der Waals surface area contributed by atoms with E-state index in [0.717, 1.165) is 39.5 Å². The minimum Gasteiger partial charge on any atom is -0.348 e. The van der Waals surface area contributed by atoms with Crippen LogP contribution in [0.1, 0.15) is 44.1 Å². The van der Waals surface area contributed by atoms with Gasteiger partial charge in [0.25, 0.3) is 0 Å². The Morgan fingerprint density at radius 2 is 2.04 bits per heavy atom. The highest BCUT2D eigenvalue weighted by Crippen LogP contribution is 2.31. The first-order valence-electron chi connectivity index (χ1n) is 7.73. The van der Waals surface area contributed by atoms with Gasteiger partial charge in [-0.1, -0.05) is 5.82 Å². The lowest BCUT2D eigenvalue weighted by Gasteiger charge is -2.13. The molecule has 1 aromatic rings. The van der Waals surface area contributed by atoms with E-state index in [1.54, 1.807) is 4.48 Å². The van der Waals surface area contributed by atoms with Crippen LogP contribution in [0.2, 0.25) is 0 Å². The lowest BCUT2D eigenvalue weighted by Crippen LogP contribution is -2.21. The monoisotopic (exact) mass is 328 g/mol. The van der Waals surface area contributed by atoms with Crippen molar-refractivity contribution < 1.29 is 4.32 Å². The number of hydrogen-bond donors (Lipinski definition) is 1. The van der Waals surface area contributed by atoms with E-state index in [1.807, 2.05) is 46.8 Å². The number of thiol groups is 1. The number of hydrogen-bond acceptors (Lipinski definition) is 2. The first-order chi connectivity index (χ1) is 10.9. The van der Waals surface area contributed by atoms with E-state index < -0.39 is 7.12 Å². The van der Waals surface area contributed by atoms with Gasteiger partial charge in [-0.3, -0.25) is 9.31 Å². The molecule has 2 nitrogen and oxygen atoms in total. The number of aliphatic imine (C=N–C) groups is 1. The predicted molar refractivity (Wildman–Crippen MR) is 102 cm³/mol. The van der Waals surface area contributed by atoms with Gasteiger partial charge in [-0.2, -0.15) is 12.6 Å². The van der Waals surface area contributed by atoms with E-state index in [2.05, 4.69) is 29.4 Å². The van der Waals surface area contributed by atoms with Crippen LogP contribution in [0.5, 0.6) is 0 Å². The fraction of sp³-hybridized carbons (Fsp3) is 0.389. The highest BCUT2D eigenvalue weighted by Gasteiger charge is 2.24. The Morgan fingerprint density at radius 3 is 2.61 bits per heavy atom. The van der Waals surface area contributed by atoms with Crippen molar-refractivity contribution in [3.05, 3.63) is 40.4 Å². The molecule has 2 heterocycles. The van der Waals surface area contributed by atoms with Crippen molar-refractivity contribution >= 4 is 31.0 Å². The van der Waals surface area contributed by atoms with Crippen LogP contribution in [0.3, 0.4) is 0 Å². The van der Waals surface area contributed by atoms with Crippen molar-refractivity contribution in [1.82, 2.24) is 4.48 Å². The largest absolute Gasteiger partial charge is 0.551 e. The molecule has 0 saturated carbocycles. The summed E-state index contributed by atoms with van der Waals surface area (Å²) >= 11 is 4.10. The summed E-state index contributed by atoms with van der Waals surface area (Å²) in [5, 5.41) is 0. The molecule has 120 valence electrons. The molecule has 0 atom stereocenters. The van der Waals surface area contributed by atoms with Crippen LogP contribution in [0.15, 0.2) is 28.4 Å². The SMILES string of the molecule is CC1=CC(C)=N/C1=C(/C)c1c(C)cc(C)n1B(F)C#CCCS. The van der Waals surface area contributed by atoms with Crippen LogP contribution in [-0.2, 0) is 0 Å². The first kappa shape index (κ1) is 17.7. The van der Waals surface area contributed by atoms with Crippen molar-refractivity contribution in [2.75, 3.05) is 5.75 Å². The quantitative estimate of drug-likeness (QED) is 0.481. The minimum atomic E-state index is -1.36. The van der Waals surface area contributed by atoms with Crippen molar-refractivity contribution in [2.45, 2.75) is 41.0 Å². The number of halogens is 1. The van der Waals surface area contributed by atoms with Crippen LogP contribution >= 0.6 is 12.6 Å². The molecule has 1 aliphatic rings. The normalized spacial score (nSPS) is 15.8. The average molecular weight is 328 g/mol. The summed E-state index contributed by atoms with van der Waals surface area (Å²) in [7, 11) is -1.36. The van der Waals surface area contributed by atoms with E-state index in [4.69, 9.17) is 0 Å². The molecule has 1 aliphatic heterocycles. The molecular formula is C18H22BFN2S. The molecule has 0 spiro atoms. The second-order valence-corrected chi connectivity index (χ2v) is 6.32. The number of nitrogens with zero attached hydrogens (tertiary/aromatic N) is 2. The summed E-state index contributed by atoms with van der Waals surface area (Å²) in [4.78, 5) is 4.59. The van der Waals surface area contributed by atoms with Gasteiger partial charge in [0, 0.05) is 29.3 Å². The topological polar surface area (TPSA) is 17.3 Å². The van der Waals surface area contributed by atoms with Crippen molar-refractivity contribution in [1.29, 1.82) is 0 Å². The molecule has 0 radical (unpaired) electrons. The molecule has 0 amide bonds. The number of aromatic nitrogens is 1. The Labute approximate surface area is 144 Å². The molecule has 0 saturated heterocycles. The third-order valence-corrected chi connectivity index (χ3v) is 4.13. The van der Waals surface area contributed by atoms with Gasteiger partial charge in [-0.25, -0.2) is 0 Å². The fourth-order valence-electron chi connectivity index (χ4n) is 3.03. The maximum absolute atomic E-state index is 14.7. The highest BCUT2D eigenvalue weighted by molar-refractivity contribution is 7.80. The molecule has 0 aliphatic carbocycles. The van der Waals surface area contributed by atoms with E-state index in [0.29, 0.717) is 12.2 Å². The zero-order chi connectivity index (χ0) is 17.1. The third kappa shape index (κ3) is 3.64. The Balaban J connectivity index is 2.55. The smallest absolute Gasteiger partial charge is 0.348 e. The number of aryl methyl sites for hydroxylation is 2. The standard InChI is InChI=1S/C18H22BFN2S/c1-12-10-14(3)21-17(12)16(5)18-13(2)11-15(4)22(18)19(20)8-6-7-9-23/h10-11,23H,7,9H2,1-5H3/b17-16-. The molecule has 0 unspecified atom stereocenters. The third-order valence-electron chi connectivity index (χ3n) is 3.90. The van der Waals surface area contributed by atoms with Gasteiger partial charge in [0.1, 0.15) is 0 Å². The molecular weight excluding hydrogens is 306 g/mol. The Hall–Kier alpha value is -1.67. The fourth-order valence-corrected chi connectivity index (χ4v) is 3.15. The van der Waals surface area contributed by atoms with E-state index in [-0.39, 0.29) is 0 Å². The summed E-state index contributed by atoms with van der Waals surface area (Å²) in [6.45, 7) is 9.92. The lowest BCUT2D eigenvalue weighted by molar-refractivity contribution is 0.801. The predicted octanol–water partition coefficient (Wildman–Crippen LogP) is 4.43.